The van der Waals surface area contributed by atoms with Gasteiger partial charge in [-0.3, -0.25) is 4.79 Å². The molecule has 0 atom stereocenters. The van der Waals surface area contributed by atoms with E-state index in [9.17, 15) is 4.79 Å². The van der Waals surface area contributed by atoms with Crippen LogP contribution in [0.3, 0.4) is 0 Å². The molecular weight excluding hydrogens is 320 g/mol. The highest BCUT2D eigenvalue weighted by Gasteiger charge is 2.33. The molecule has 1 saturated carbocycles. The highest BCUT2D eigenvalue weighted by Crippen LogP contribution is 2.32. The maximum absolute atomic E-state index is 12.5. The minimum absolute atomic E-state index is 0.0344. The largest absolute Gasteiger partial charge is 0.496 e. The number of rotatable bonds is 6. The van der Waals surface area contributed by atoms with Crippen molar-refractivity contribution in [1.29, 1.82) is 0 Å². The van der Waals surface area contributed by atoms with Gasteiger partial charge < -0.3 is 14.5 Å². The molecule has 1 aromatic carbocycles. The van der Waals surface area contributed by atoms with E-state index in [1.807, 2.05) is 24.3 Å². The van der Waals surface area contributed by atoms with Crippen molar-refractivity contribution in [2.75, 3.05) is 12.4 Å². The average molecular weight is 338 g/mol. The highest BCUT2D eigenvalue weighted by molar-refractivity contribution is 5.85. The molecule has 1 N–H and O–H groups in total. The average Bonchev–Trinajstić information content (AvgIpc) is 3.18. The first kappa shape index (κ1) is 15.4. The monoisotopic (exact) mass is 338 g/mol. The molecule has 0 bridgehead atoms. The van der Waals surface area contributed by atoms with Gasteiger partial charge in [0.25, 0.3) is 5.91 Å². The minimum atomic E-state index is -0.0344. The summed E-state index contributed by atoms with van der Waals surface area (Å²) in [5, 5.41) is 7.53. The second kappa shape index (κ2) is 6.43. The Kier molecular flexibility index (Phi) is 3.97. The van der Waals surface area contributed by atoms with E-state index in [4.69, 9.17) is 9.15 Å². The molecule has 0 spiro atoms. The maximum atomic E-state index is 12.5. The lowest BCUT2D eigenvalue weighted by molar-refractivity contribution is 0.0872. The lowest BCUT2D eigenvalue weighted by Gasteiger charge is -2.10. The molecule has 0 saturated heterocycles. The van der Waals surface area contributed by atoms with Gasteiger partial charge in [0.05, 0.1) is 13.4 Å². The number of furan rings is 1. The zero-order valence-corrected chi connectivity index (χ0v) is 13.8. The summed E-state index contributed by atoms with van der Waals surface area (Å²) in [5.74, 6) is 2.12. The number of anilines is 1. The van der Waals surface area contributed by atoms with Gasteiger partial charge in [0.15, 0.2) is 5.76 Å². The Morgan fingerprint density at radius 2 is 2.16 bits per heavy atom. The lowest BCUT2D eigenvalue weighted by Crippen LogP contribution is -2.18. The number of benzene rings is 1. The third-order valence-electron chi connectivity index (χ3n) is 4.11. The number of aromatic nitrogens is 3. The molecule has 25 heavy (non-hydrogen) atoms. The number of nitrogens with zero attached hydrogens (tertiary/aromatic N) is 3. The van der Waals surface area contributed by atoms with E-state index in [1.165, 1.54) is 4.68 Å². The molecule has 1 fully saturated rings. The zero-order valence-electron chi connectivity index (χ0n) is 13.8. The van der Waals surface area contributed by atoms with Crippen LogP contribution < -0.4 is 10.1 Å². The summed E-state index contributed by atoms with van der Waals surface area (Å²) in [6.07, 6.45) is 3.36. The number of ether oxygens (including phenoxy) is 1. The number of carbonyl (C=O) groups is 1. The molecule has 0 amide bonds. The van der Waals surface area contributed by atoms with Crippen molar-refractivity contribution in [3.8, 4) is 17.3 Å². The van der Waals surface area contributed by atoms with Crippen molar-refractivity contribution < 1.29 is 13.9 Å². The van der Waals surface area contributed by atoms with Crippen LogP contribution in [0.4, 0.5) is 5.95 Å². The fourth-order valence-electron chi connectivity index (χ4n) is 2.62. The Morgan fingerprint density at radius 3 is 2.88 bits per heavy atom. The molecule has 7 heteroatoms. The first-order valence-corrected chi connectivity index (χ1v) is 8.17. The Bertz CT molecular complexity index is 882. The van der Waals surface area contributed by atoms with Gasteiger partial charge in [0.2, 0.25) is 11.8 Å². The smallest absolute Gasteiger partial charge is 0.253 e. The number of carbonyl (C=O) groups excluding carboxylic acids is 1. The van der Waals surface area contributed by atoms with Crippen LogP contribution in [-0.4, -0.2) is 27.8 Å². The predicted octanol–water partition coefficient (Wildman–Crippen LogP) is 3.21. The van der Waals surface area contributed by atoms with Gasteiger partial charge >= 0.3 is 0 Å². The third-order valence-corrected chi connectivity index (χ3v) is 4.11. The van der Waals surface area contributed by atoms with E-state index in [0.717, 1.165) is 24.2 Å². The van der Waals surface area contributed by atoms with E-state index in [1.54, 1.807) is 25.5 Å². The van der Waals surface area contributed by atoms with E-state index in [2.05, 4.69) is 15.4 Å². The third kappa shape index (κ3) is 3.13. The molecule has 4 rings (SSSR count). The highest BCUT2D eigenvalue weighted by atomic mass is 16.5. The first-order chi connectivity index (χ1) is 12.3. The molecule has 3 aromatic rings. The molecule has 7 nitrogen and oxygen atoms in total. The molecule has 128 valence electrons. The van der Waals surface area contributed by atoms with E-state index in [-0.39, 0.29) is 11.8 Å². The number of hydrogen-bond donors (Lipinski definition) is 1. The van der Waals surface area contributed by atoms with Crippen LogP contribution in [0.25, 0.3) is 11.6 Å². The van der Waals surface area contributed by atoms with Gasteiger partial charge in [-0.25, -0.2) is 0 Å². The normalized spacial score (nSPS) is 13.6. The van der Waals surface area contributed by atoms with Crippen LogP contribution in [-0.2, 0) is 6.54 Å². The minimum Gasteiger partial charge on any atom is -0.496 e. The Hall–Kier alpha value is -3.09. The van der Waals surface area contributed by atoms with Crippen LogP contribution in [0.2, 0.25) is 0 Å². The van der Waals surface area contributed by atoms with Crippen molar-refractivity contribution in [2.24, 2.45) is 5.92 Å². The summed E-state index contributed by atoms with van der Waals surface area (Å²) < 4.78 is 12.1. The van der Waals surface area contributed by atoms with Crippen LogP contribution in [0, 0.1) is 5.92 Å². The number of nitrogens with one attached hydrogen (secondary N) is 1. The standard InChI is InChI=1S/C18H18N4O3/c1-24-14-6-3-2-5-13(14)11-19-18-20-16(15-7-4-10-25-15)21-22(18)17(23)12-8-9-12/h2-7,10,12H,8-9,11H2,1H3,(H,19,20,21). The first-order valence-electron chi connectivity index (χ1n) is 8.17. The molecule has 2 heterocycles. The van der Waals surface area contributed by atoms with Crippen molar-refractivity contribution in [3.05, 3.63) is 48.2 Å². The summed E-state index contributed by atoms with van der Waals surface area (Å²) in [5.41, 5.74) is 0.970. The van der Waals surface area contributed by atoms with Crippen LogP contribution >= 0.6 is 0 Å². The molecule has 2 aromatic heterocycles. The molecule has 0 radical (unpaired) electrons. The van der Waals surface area contributed by atoms with Gasteiger partial charge in [-0.2, -0.15) is 9.67 Å². The lowest BCUT2D eigenvalue weighted by atomic mass is 10.2. The van der Waals surface area contributed by atoms with Crippen LogP contribution in [0.15, 0.2) is 47.1 Å². The van der Waals surface area contributed by atoms with E-state index >= 15 is 0 Å². The van der Waals surface area contributed by atoms with Crippen molar-refractivity contribution >= 4 is 11.9 Å². The number of methoxy groups -OCH3 is 1. The van der Waals surface area contributed by atoms with Gasteiger partial charge in [0, 0.05) is 18.0 Å². The Labute approximate surface area is 144 Å². The molecule has 1 aliphatic rings. The van der Waals surface area contributed by atoms with E-state index in [0.29, 0.717) is 24.1 Å². The fourth-order valence-corrected chi connectivity index (χ4v) is 2.62. The van der Waals surface area contributed by atoms with Crippen LogP contribution in [0.5, 0.6) is 5.75 Å². The summed E-state index contributed by atoms with van der Waals surface area (Å²) in [6.45, 7) is 0.470. The summed E-state index contributed by atoms with van der Waals surface area (Å²) in [4.78, 5) is 17.0. The summed E-state index contributed by atoms with van der Waals surface area (Å²) in [7, 11) is 1.63. The Balaban J connectivity index is 1.62. The van der Waals surface area contributed by atoms with E-state index < -0.39 is 0 Å². The van der Waals surface area contributed by atoms with Gasteiger partial charge in [-0.1, -0.05) is 18.2 Å². The van der Waals surface area contributed by atoms with Crippen molar-refractivity contribution in [1.82, 2.24) is 14.8 Å². The zero-order chi connectivity index (χ0) is 17.2. The molecule has 0 aliphatic heterocycles. The molecule has 1 aliphatic carbocycles. The SMILES string of the molecule is COc1ccccc1CNc1nc(-c2ccco2)nn1C(=O)C1CC1. The quantitative estimate of drug-likeness (QED) is 0.743. The summed E-state index contributed by atoms with van der Waals surface area (Å²) >= 11 is 0. The second-order valence-electron chi connectivity index (χ2n) is 5.93. The number of hydrogen-bond acceptors (Lipinski definition) is 6. The van der Waals surface area contributed by atoms with Gasteiger partial charge in [-0.15, -0.1) is 5.10 Å². The fraction of sp³-hybridized carbons (Fsp3) is 0.278. The van der Waals surface area contributed by atoms with Crippen molar-refractivity contribution in [2.45, 2.75) is 19.4 Å². The topological polar surface area (TPSA) is 82.2 Å². The maximum Gasteiger partial charge on any atom is 0.253 e. The molecule has 0 unspecified atom stereocenters. The Morgan fingerprint density at radius 1 is 1.32 bits per heavy atom. The molecular formula is C18H18N4O3. The van der Waals surface area contributed by atoms with Crippen molar-refractivity contribution in [3.63, 3.8) is 0 Å². The summed E-state index contributed by atoms with van der Waals surface area (Å²) in [6, 6.07) is 11.2. The number of para-hydroxylation sites is 1. The van der Waals surface area contributed by atoms with Crippen LogP contribution in [0.1, 0.15) is 23.2 Å². The van der Waals surface area contributed by atoms with Gasteiger partial charge in [-0.05, 0) is 31.0 Å². The van der Waals surface area contributed by atoms with Gasteiger partial charge in [0.1, 0.15) is 5.75 Å². The predicted molar refractivity (Wildman–Crippen MR) is 91.4 cm³/mol. The second-order valence-corrected chi connectivity index (χ2v) is 5.93.